The number of hydrogen-bond donors (Lipinski definition) is 1. The first-order chi connectivity index (χ1) is 7.31. The summed E-state index contributed by atoms with van der Waals surface area (Å²) in [5.74, 6) is 0. The van der Waals surface area contributed by atoms with E-state index in [0.29, 0.717) is 6.54 Å². The van der Waals surface area contributed by atoms with Crippen LogP contribution in [0, 0.1) is 0 Å². The van der Waals surface area contributed by atoms with Gasteiger partial charge in [0.25, 0.3) is 0 Å². The Morgan fingerprint density at radius 3 is 2.33 bits per heavy atom. The molecule has 0 atom stereocenters. The maximum absolute atomic E-state index is 6.19. The second-order valence-corrected chi connectivity index (χ2v) is 3.79. The van der Waals surface area contributed by atoms with Crippen molar-refractivity contribution in [3.8, 4) is 11.1 Å². The van der Waals surface area contributed by atoms with Gasteiger partial charge in [0, 0.05) is 17.1 Å². The van der Waals surface area contributed by atoms with Gasteiger partial charge in [0.1, 0.15) is 0 Å². The molecule has 0 amide bonds. The fourth-order valence-electron chi connectivity index (χ4n) is 1.54. The molecule has 2 aromatic carbocycles. The molecule has 0 aliphatic heterocycles. The average molecular weight is 218 g/mol. The van der Waals surface area contributed by atoms with Crippen molar-refractivity contribution in [2.45, 2.75) is 6.54 Å². The van der Waals surface area contributed by atoms with Gasteiger partial charge in [-0.1, -0.05) is 54.1 Å². The van der Waals surface area contributed by atoms with Crippen LogP contribution in [-0.4, -0.2) is 0 Å². The summed E-state index contributed by atoms with van der Waals surface area (Å²) in [6, 6.07) is 16.0. The van der Waals surface area contributed by atoms with Crippen molar-refractivity contribution in [1.82, 2.24) is 0 Å². The lowest BCUT2D eigenvalue weighted by molar-refractivity contribution is 1.07. The molecule has 0 spiro atoms. The van der Waals surface area contributed by atoms with Crippen LogP contribution in [0.25, 0.3) is 11.1 Å². The van der Waals surface area contributed by atoms with E-state index in [1.54, 1.807) is 0 Å². The molecule has 76 valence electrons. The molecule has 15 heavy (non-hydrogen) atoms. The second kappa shape index (κ2) is 4.47. The molecule has 2 aromatic rings. The highest BCUT2D eigenvalue weighted by Crippen LogP contribution is 2.28. The van der Waals surface area contributed by atoms with Crippen LogP contribution < -0.4 is 5.73 Å². The number of halogens is 1. The van der Waals surface area contributed by atoms with Gasteiger partial charge in [-0.05, 0) is 17.2 Å². The molecule has 1 nitrogen and oxygen atoms in total. The molecular weight excluding hydrogens is 206 g/mol. The van der Waals surface area contributed by atoms with E-state index >= 15 is 0 Å². The van der Waals surface area contributed by atoms with Crippen LogP contribution in [0.15, 0.2) is 48.5 Å². The van der Waals surface area contributed by atoms with Crippen molar-refractivity contribution in [3.63, 3.8) is 0 Å². The number of rotatable bonds is 2. The molecule has 0 radical (unpaired) electrons. The number of nitrogens with two attached hydrogens (primary N) is 1. The number of benzene rings is 2. The molecule has 0 aromatic heterocycles. The van der Waals surface area contributed by atoms with Crippen molar-refractivity contribution >= 4 is 11.6 Å². The Labute approximate surface area is 94.5 Å². The highest BCUT2D eigenvalue weighted by Gasteiger charge is 2.02. The molecule has 0 heterocycles. The van der Waals surface area contributed by atoms with Gasteiger partial charge in [0.05, 0.1) is 0 Å². The van der Waals surface area contributed by atoms with Crippen molar-refractivity contribution in [2.75, 3.05) is 0 Å². The molecule has 2 heteroatoms. The van der Waals surface area contributed by atoms with Crippen LogP contribution >= 0.6 is 11.6 Å². The lowest BCUT2D eigenvalue weighted by Gasteiger charge is -2.05. The Hall–Kier alpha value is -1.31. The predicted octanol–water partition coefficient (Wildman–Crippen LogP) is 3.47. The van der Waals surface area contributed by atoms with Crippen LogP contribution in [-0.2, 0) is 6.54 Å². The fourth-order valence-corrected chi connectivity index (χ4v) is 1.85. The van der Waals surface area contributed by atoms with Gasteiger partial charge in [-0.2, -0.15) is 0 Å². The second-order valence-electron chi connectivity index (χ2n) is 3.38. The molecule has 0 saturated heterocycles. The highest BCUT2D eigenvalue weighted by atomic mass is 35.5. The third-order valence-corrected chi connectivity index (χ3v) is 2.67. The standard InChI is InChI=1S/C13H12ClN/c14-13-8-10(9-15)6-7-12(13)11-4-2-1-3-5-11/h1-8H,9,15H2. The van der Waals surface area contributed by atoms with E-state index in [9.17, 15) is 0 Å². The van der Waals surface area contributed by atoms with Crippen LogP contribution in [0.1, 0.15) is 5.56 Å². The third kappa shape index (κ3) is 2.20. The largest absolute Gasteiger partial charge is 0.326 e. The zero-order chi connectivity index (χ0) is 10.7. The summed E-state index contributed by atoms with van der Waals surface area (Å²) in [6.45, 7) is 0.523. The van der Waals surface area contributed by atoms with Gasteiger partial charge in [0.15, 0.2) is 0 Å². The monoisotopic (exact) mass is 217 g/mol. The molecule has 2 rings (SSSR count). The van der Waals surface area contributed by atoms with E-state index < -0.39 is 0 Å². The molecule has 0 aliphatic carbocycles. The summed E-state index contributed by atoms with van der Waals surface area (Å²) >= 11 is 6.19. The van der Waals surface area contributed by atoms with Gasteiger partial charge in [0.2, 0.25) is 0 Å². The van der Waals surface area contributed by atoms with Gasteiger partial charge in [-0.25, -0.2) is 0 Å². The SMILES string of the molecule is NCc1ccc(-c2ccccc2)c(Cl)c1. The van der Waals surface area contributed by atoms with E-state index in [2.05, 4.69) is 0 Å². The van der Waals surface area contributed by atoms with Crippen LogP contribution in [0.4, 0.5) is 0 Å². The fraction of sp³-hybridized carbons (Fsp3) is 0.0769. The van der Waals surface area contributed by atoms with Crippen LogP contribution in [0.2, 0.25) is 5.02 Å². The summed E-state index contributed by atoms with van der Waals surface area (Å²) in [5, 5.41) is 0.754. The first kappa shape index (κ1) is 10.2. The third-order valence-electron chi connectivity index (χ3n) is 2.35. The summed E-state index contributed by atoms with van der Waals surface area (Å²) in [4.78, 5) is 0. The summed E-state index contributed by atoms with van der Waals surface area (Å²) < 4.78 is 0. The number of hydrogen-bond acceptors (Lipinski definition) is 1. The Morgan fingerprint density at radius 2 is 1.73 bits per heavy atom. The van der Waals surface area contributed by atoms with Crippen molar-refractivity contribution in [1.29, 1.82) is 0 Å². The van der Waals surface area contributed by atoms with E-state index in [0.717, 1.165) is 21.7 Å². The molecule has 0 bridgehead atoms. The Kier molecular flexibility index (Phi) is 3.05. The Morgan fingerprint density at radius 1 is 1.00 bits per heavy atom. The van der Waals surface area contributed by atoms with Gasteiger partial charge in [-0.3, -0.25) is 0 Å². The molecular formula is C13H12ClN. The molecule has 0 unspecified atom stereocenters. The van der Waals surface area contributed by atoms with Crippen LogP contribution in [0.5, 0.6) is 0 Å². The first-order valence-electron chi connectivity index (χ1n) is 4.85. The average Bonchev–Trinajstić information content (AvgIpc) is 2.30. The van der Waals surface area contributed by atoms with Gasteiger partial charge >= 0.3 is 0 Å². The summed E-state index contributed by atoms with van der Waals surface area (Å²) in [5.41, 5.74) is 8.79. The lowest BCUT2D eigenvalue weighted by atomic mass is 10.0. The zero-order valence-corrected chi connectivity index (χ0v) is 9.04. The van der Waals surface area contributed by atoms with Crippen molar-refractivity contribution in [2.24, 2.45) is 5.73 Å². The van der Waals surface area contributed by atoms with Crippen molar-refractivity contribution in [3.05, 3.63) is 59.1 Å². The smallest absolute Gasteiger partial charge is 0.0487 e. The van der Waals surface area contributed by atoms with E-state index in [1.807, 2.05) is 48.5 Å². The van der Waals surface area contributed by atoms with Gasteiger partial charge < -0.3 is 5.73 Å². The molecule has 0 aliphatic rings. The predicted molar refractivity (Wildman–Crippen MR) is 64.8 cm³/mol. The topological polar surface area (TPSA) is 26.0 Å². The van der Waals surface area contributed by atoms with E-state index in [-0.39, 0.29) is 0 Å². The van der Waals surface area contributed by atoms with E-state index in [1.165, 1.54) is 0 Å². The minimum atomic E-state index is 0.523. The minimum Gasteiger partial charge on any atom is -0.326 e. The maximum atomic E-state index is 6.19. The van der Waals surface area contributed by atoms with Crippen LogP contribution in [0.3, 0.4) is 0 Å². The first-order valence-corrected chi connectivity index (χ1v) is 5.23. The maximum Gasteiger partial charge on any atom is 0.0487 e. The molecule has 0 fully saturated rings. The zero-order valence-electron chi connectivity index (χ0n) is 8.28. The summed E-state index contributed by atoms with van der Waals surface area (Å²) in [7, 11) is 0. The highest BCUT2D eigenvalue weighted by molar-refractivity contribution is 6.33. The van der Waals surface area contributed by atoms with Crippen molar-refractivity contribution < 1.29 is 0 Å². The van der Waals surface area contributed by atoms with Gasteiger partial charge in [-0.15, -0.1) is 0 Å². The Bertz CT molecular complexity index is 451. The molecule has 0 saturated carbocycles. The normalized spacial score (nSPS) is 10.3. The quantitative estimate of drug-likeness (QED) is 0.819. The minimum absolute atomic E-state index is 0.523. The molecule has 2 N–H and O–H groups in total. The summed E-state index contributed by atoms with van der Waals surface area (Å²) in [6.07, 6.45) is 0. The Balaban J connectivity index is 2.46. The lowest BCUT2D eigenvalue weighted by Crippen LogP contribution is -1.95. The van der Waals surface area contributed by atoms with E-state index in [4.69, 9.17) is 17.3 Å².